The average Bonchev–Trinajstić information content (AvgIpc) is 3.42. The number of carbonyl (C=O) groups is 2. The Labute approximate surface area is 198 Å². The van der Waals surface area contributed by atoms with Crippen molar-refractivity contribution in [3.63, 3.8) is 0 Å². The molecule has 0 radical (unpaired) electrons. The molecule has 1 aliphatic rings. The minimum Gasteiger partial charge on any atom is -0.481 e. The number of benzene rings is 1. The van der Waals surface area contributed by atoms with Gasteiger partial charge in [-0.1, -0.05) is 50.2 Å². The number of urea groups is 1. The van der Waals surface area contributed by atoms with Gasteiger partial charge in [0.25, 0.3) is 0 Å². The van der Waals surface area contributed by atoms with Crippen LogP contribution in [0.4, 0.5) is 15.6 Å². The molecule has 2 aromatic rings. The van der Waals surface area contributed by atoms with Gasteiger partial charge in [0.1, 0.15) is 0 Å². The lowest BCUT2D eigenvalue weighted by atomic mass is 9.97. The van der Waals surface area contributed by atoms with Gasteiger partial charge in [-0.2, -0.15) is 0 Å². The summed E-state index contributed by atoms with van der Waals surface area (Å²) in [6.45, 7) is 8.43. The number of aromatic nitrogens is 1. The molecular formula is C24H33N3O3S2. The Kier molecular flexibility index (Phi) is 8.22. The molecule has 32 heavy (non-hydrogen) atoms. The van der Waals surface area contributed by atoms with E-state index in [-0.39, 0.29) is 6.03 Å². The molecule has 1 saturated carbocycles. The summed E-state index contributed by atoms with van der Waals surface area (Å²) < 4.78 is 0.887. The predicted molar refractivity (Wildman–Crippen MR) is 133 cm³/mol. The van der Waals surface area contributed by atoms with Gasteiger partial charge >= 0.3 is 12.0 Å². The van der Waals surface area contributed by atoms with Crippen molar-refractivity contribution in [1.29, 1.82) is 0 Å². The predicted octanol–water partition coefficient (Wildman–Crippen LogP) is 6.70. The maximum Gasteiger partial charge on any atom is 0.328 e. The number of aliphatic carboxylic acids is 1. The molecule has 6 nitrogen and oxygen atoms in total. The van der Waals surface area contributed by atoms with E-state index < -0.39 is 11.4 Å². The number of carbonyl (C=O) groups excluding carboxylic acids is 1. The summed E-state index contributed by atoms with van der Waals surface area (Å²) in [7, 11) is 0. The number of hydrogen-bond acceptors (Lipinski definition) is 5. The van der Waals surface area contributed by atoms with Crippen LogP contribution >= 0.6 is 23.1 Å². The second kappa shape index (κ2) is 10.7. The van der Waals surface area contributed by atoms with Crippen LogP contribution in [-0.4, -0.2) is 34.4 Å². The van der Waals surface area contributed by atoms with E-state index in [1.807, 2.05) is 17.0 Å². The highest BCUT2D eigenvalue weighted by Gasteiger charge is 2.28. The van der Waals surface area contributed by atoms with Gasteiger partial charge in [0.15, 0.2) is 5.13 Å². The highest BCUT2D eigenvalue weighted by Crippen LogP contribution is 2.34. The number of nitrogens with one attached hydrogen (secondary N) is 1. The fraction of sp³-hybridized carbons (Fsp3) is 0.542. The van der Waals surface area contributed by atoms with E-state index in [1.165, 1.54) is 41.5 Å². The van der Waals surface area contributed by atoms with E-state index in [4.69, 9.17) is 0 Å². The number of rotatable bonds is 9. The molecule has 3 rings (SSSR count). The van der Waals surface area contributed by atoms with E-state index in [1.54, 1.807) is 20.0 Å². The molecule has 174 valence electrons. The van der Waals surface area contributed by atoms with Crippen molar-refractivity contribution in [2.24, 2.45) is 11.3 Å². The van der Waals surface area contributed by atoms with Gasteiger partial charge in [0.05, 0.1) is 15.8 Å². The van der Waals surface area contributed by atoms with Crippen LogP contribution in [0.25, 0.3) is 0 Å². The van der Waals surface area contributed by atoms with Crippen molar-refractivity contribution in [1.82, 2.24) is 4.98 Å². The van der Waals surface area contributed by atoms with Crippen LogP contribution in [0, 0.1) is 11.3 Å². The van der Waals surface area contributed by atoms with Gasteiger partial charge in [0.2, 0.25) is 0 Å². The van der Waals surface area contributed by atoms with Crippen molar-refractivity contribution in [3.05, 3.63) is 36.0 Å². The van der Waals surface area contributed by atoms with Crippen LogP contribution in [0.2, 0.25) is 0 Å². The van der Waals surface area contributed by atoms with Crippen LogP contribution in [0.1, 0.15) is 64.9 Å². The molecule has 2 N–H and O–H groups in total. The summed E-state index contributed by atoms with van der Waals surface area (Å²) in [5, 5.41) is 12.8. The number of thioether (sulfide) groups is 1. The van der Waals surface area contributed by atoms with Crippen LogP contribution in [-0.2, 0) is 4.79 Å². The van der Waals surface area contributed by atoms with Gasteiger partial charge < -0.3 is 5.11 Å². The summed E-state index contributed by atoms with van der Waals surface area (Å²) >= 11 is 2.82. The molecule has 2 amide bonds. The Morgan fingerprint density at radius 1 is 1.25 bits per heavy atom. The van der Waals surface area contributed by atoms with Gasteiger partial charge in [-0.15, -0.1) is 11.8 Å². The fourth-order valence-electron chi connectivity index (χ4n) is 3.65. The lowest BCUT2D eigenvalue weighted by molar-refractivity contribution is -0.145. The Hall–Kier alpha value is -2.06. The third-order valence-corrected chi connectivity index (χ3v) is 8.45. The molecule has 1 aliphatic carbocycles. The number of amides is 2. The van der Waals surface area contributed by atoms with E-state index in [0.29, 0.717) is 29.3 Å². The monoisotopic (exact) mass is 475 g/mol. The van der Waals surface area contributed by atoms with Crippen molar-refractivity contribution in [2.45, 2.75) is 63.5 Å². The normalized spacial score (nSPS) is 14.7. The molecule has 0 bridgehead atoms. The number of thiazole rings is 1. The zero-order valence-corrected chi connectivity index (χ0v) is 20.9. The summed E-state index contributed by atoms with van der Waals surface area (Å²) in [4.78, 5) is 30.7. The lowest BCUT2D eigenvalue weighted by Gasteiger charge is -2.26. The largest absolute Gasteiger partial charge is 0.481 e. The van der Waals surface area contributed by atoms with Crippen molar-refractivity contribution >= 4 is 45.9 Å². The highest BCUT2D eigenvalue weighted by molar-refractivity contribution is 8.01. The van der Waals surface area contributed by atoms with Crippen molar-refractivity contribution in [3.8, 4) is 0 Å². The molecular weight excluding hydrogens is 442 g/mol. The smallest absolute Gasteiger partial charge is 0.328 e. The van der Waals surface area contributed by atoms with E-state index >= 15 is 0 Å². The molecule has 0 atom stereocenters. The Balaban J connectivity index is 1.69. The molecule has 1 aromatic carbocycles. The first-order valence-corrected chi connectivity index (χ1v) is 13.0. The zero-order valence-electron chi connectivity index (χ0n) is 19.3. The molecule has 1 fully saturated rings. The van der Waals surface area contributed by atoms with E-state index in [9.17, 15) is 14.7 Å². The van der Waals surface area contributed by atoms with Crippen LogP contribution in [0.5, 0.6) is 0 Å². The maximum atomic E-state index is 13.2. The van der Waals surface area contributed by atoms with Crippen molar-refractivity contribution < 1.29 is 14.7 Å². The number of anilines is 2. The van der Waals surface area contributed by atoms with Gasteiger partial charge in [-0.3, -0.25) is 15.0 Å². The summed E-state index contributed by atoms with van der Waals surface area (Å²) in [6.07, 6.45) is 6.47. The minimum atomic E-state index is -0.825. The molecule has 0 aliphatic heterocycles. The first-order chi connectivity index (χ1) is 15.2. The molecule has 1 aromatic heterocycles. The SMILES string of the molecule is CC(C)c1ccc(N(CC2CCCC2)C(=O)Nc2ncc(SCC(C)(C)C(=O)O)s2)cc1. The second-order valence-corrected chi connectivity index (χ2v) is 11.7. The molecule has 0 spiro atoms. The Bertz CT molecular complexity index is 919. The third kappa shape index (κ3) is 6.48. The van der Waals surface area contributed by atoms with Crippen LogP contribution in [0.3, 0.4) is 0 Å². The van der Waals surface area contributed by atoms with Gasteiger partial charge in [0, 0.05) is 18.0 Å². The number of carboxylic acids is 1. The lowest BCUT2D eigenvalue weighted by Crippen LogP contribution is -2.38. The average molecular weight is 476 g/mol. The summed E-state index contributed by atoms with van der Waals surface area (Å²) in [6, 6.07) is 8.07. The number of hydrogen-bond donors (Lipinski definition) is 2. The summed E-state index contributed by atoms with van der Waals surface area (Å²) in [5.41, 5.74) is 1.33. The Morgan fingerprint density at radius 3 is 2.50 bits per heavy atom. The second-order valence-electron chi connectivity index (χ2n) is 9.40. The van der Waals surface area contributed by atoms with Crippen LogP contribution < -0.4 is 10.2 Å². The van der Waals surface area contributed by atoms with Crippen LogP contribution in [0.15, 0.2) is 34.7 Å². The zero-order chi connectivity index (χ0) is 23.3. The first kappa shape index (κ1) is 24.6. The topological polar surface area (TPSA) is 82.5 Å². The van der Waals surface area contributed by atoms with E-state index in [2.05, 4.69) is 36.3 Å². The first-order valence-electron chi connectivity index (χ1n) is 11.2. The summed E-state index contributed by atoms with van der Waals surface area (Å²) in [5.74, 6) is 0.576. The Morgan fingerprint density at radius 2 is 1.91 bits per heavy atom. The van der Waals surface area contributed by atoms with Gasteiger partial charge in [-0.05, 0) is 56.2 Å². The van der Waals surface area contributed by atoms with E-state index in [0.717, 1.165) is 22.7 Å². The number of nitrogens with zero attached hydrogens (tertiary/aromatic N) is 2. The maximum absolute atomic E-state index is 13.2. The molecule has 0 unspecified atom stereocenters. The fourth-order valence-corrected chi connectivity index (χ4v) is 5.59. The molecule has 1 heterocycles. The quantitative estimate of drug-likeness (QED) is 0.394. The molecule has 8 heteroatoms. The third-order valence-electron chi connectivity index (χ3n) is 5.88. The molecule has 0 saturated heterocycles. The minimum absolute atomic E-state index is 0.175. The highest BCUT2D eigenvalue weighted by atomic mass is 32.2. The van der Waals surface area contributed by atoms with Crippen molar-refractivity contribution in [2.75, 3.05) is 22.5 Å². The standard InChI is InChI=1S/C24H33N3O3S2/c1-16(2)18-9-11-19(12-10-18)27(14-17-7-5-6-8-17)23(30)26-22-25-13-20(32-22)31-15-24(3,4)21(28)29/h9-13,16-17H,5-8,14-15H2,1-4H3,(H,28,29)(H,25,26,30). The number of carboxylic acid groups (broad SMARTS) is 1. The van der Waals surface area contributed by atoms with Gasteiger partial charge in [-0.25, -0.2) is 9.78 Å².